The molecular weight excluding hydrogens is 349 g/mol. The number of piperidine rings is 1. The van der Waals surface area contributed by atoms with Gasteiger partial charge in [0.15, 0.2) is 0 Å². The van der Waals surface area contributed by atoms with Crippen molar-refractivity contribution < 1.29 is 0 Å². The molecule has 0 N–H and O–H groups in total. The van der Waals surface area contributed by atoms with E-state index in [-0.39, 0.29) is 12.4 Å². The predicted molar refractivity (Wildman–Crippen MR) is 102 cm³/mol. The molecule has 0 bridgehead atoms. The average molecular weight is 370 g/mol. The largest absolute Gasteiger partial charge is 0.330 e. The van der Waals surface area contributed by atoms with Crippen LogP contribution in [0.1, 0.15) is 24.3 Å². The third kappa shape index (κ3) is 3.22. The van der Waals surface area contributed by atoms with Crippen molar-refractivity contribution in [1.82, 2.24) is 14.5 Å². The van der Waals surface area contributed by atoms with E-state index in [0.717, 1.165) is 28.6 Å². The van der Waals surface area contributed by atoms with Crippen LogP contribution in [0.3, 0.4) is 0 Å². The summed E-state index contributed by atoms with van der Waals surface area (Å²) < 4.78 is 2.43. The minimum absolute atomic E-state index is 0. The number of aryl methyl sites for hydroxylation is 1. The lowest BCUT2D eigenvalue weighted by atomic mass is 10.1. The molecule has 124 valence electrons. The second-order valence-corrected chi connectivity index (χ2v) is 7.72. The third-order valence-electron chi connectivity index (χ3n) is 4.55. The number of benzene rings is 1. The van der Waals surface area contributed by atoms with E-state index < -0.39 is 0 Å². The summed E-state index contributed by atoms with van der Waals surface area (Å²) in [5.74, 6) is 0. The lowest BCUT2D eigenvalue weighted by Crippen LogP contribution is -2.32. The van der Waals surface area contributed by atoms with E-state index in [4.69, 9.17) is 16.6 Å². The number of halogens is 2. The summed E-state index contributed by atoms with van der Waals surface area (Å²) in [6.07, 6.45) is 4.08. The monoisotopic (exact) mass is 369 g/mol. The molecule has 0 unspecified atom stereocenters. The van der Waals surface area contributed by atoms with Crippen LogP contribution in [0.15, 0.2) is 18.2 Å². The van der Waals surface area contributed by atoms with Crippen molar-refractivity contribution in [2.24, 2.45) is 0 Å². The summed E-state index contributed by atoms with van der Waals surface area (Å²) in [7, 11) is 0. The molecule has 23 heavy (non-hydrogen) atoms. The molecule has 0 amide bonds. The maximum absolute atomic E-state index is 6.19. The van der Waals surface area contributed by atoms with E-state index in [1.807, 2.05) is 6.07 Å². The van der Waals surface area contributed by atoms with Gasteiger partial charge < -0.3 is 9.47 Å². The first kappa shape index (κ1) is 17.0. The second kappa shape index (κ2) is 6.98. The molecule has 0 atom stereocenters. The van der Waals surface area contributed by atoms with Gasteiger partial charge in [0.05, 0.1) is 10.5 Å². The number of hydrogen-bond acceptors (Lipinski definition) is 3. The molecule has 3 aromatic rings. The fourth-order valence-electron chi connectivity index (χ4n) is 3.46. The topological polar surface area (TPSA) is 21.1 Å². The molecule has 4 rings (SSSR count). The van der Waals surface area contributed by atoms with E-state index in [2.05, 4.69) is 28.5 Å². The summed E-state index contributed by atoms with van der Waals surface area (Å²) in [4.78, 5) is 8.60. The smallest absolute Gasteiger partial charge is 0.124 e. The van der Waals surface area contributed by atoms with Gasteiger partial charge in [-0.15, -0.1) is 23.7 Å². The Kier molecular flexibility index (Phi) is 5.16. The van der Waals surface area contributed by atoms with Gasteiger partial charge in [0.2, 0.25) is 0 Å². The van der Waals surface area contributed by atoms with Gasteiger partial charge >= 0.3 is 0 Å². The SMILES string of the molecule is Cc1nc2c3cc(Cl)ccc3n(CCN3CCCCC3)c2s1.Cl. The predicted octanol–water partition coefficient (Wildman–Crippen LogP) is 5.12. The van der Waals surface area contributed by atoms with E-state index >= 15 is 0 Å². The van der Waals surface area contributed by atoms with Crippen LogP contribution < -0.4 is 0 Å². The minimum atomic E-state index is 0. The van der Waals surface area contributed by atoms with Crippen LogP contribution >= 0.6 is 35.3 Å². The van der Waals surface area contributed by atoms with Crippen molar-refractivity contribution in [3.63, 3.8) is 0 Å². The van der Waals surface area contributed by atoms with Crippen LogP contribution in [0.25, 0.3) is 21.3 Å². The van der Waals surface area contributed by atoms with Crippen molar-refractivity contribution >= 4 is 56.6 Å². The summed E-state index contributed by atoms with van der Waals surface area (Å²) in [5, 5.41) is 3.09. The van der Waals surface area contributed by atoms with E-state index in [0.29, 0.717) is 0 Å². The number of likely N-dealkylation sites (tertiary alicyclic amines) is 1. The minimum Gasteiger partial charge on any atom is -0.330 e. The first-order valence-electron chi connectivity index (χ1n) is 7.99. The van der Waals surface area contributed by atoms with Crippen LogP contribution in [0, 0.1) is 6.92 Å². The fraction of sp³-hybridized carbons (Fsp3) is 0.471. The molecule has 1 fully saturated rings. The van der Waals surface area contributed by atoms with Crippen LogP contribution in [0.5, 0.6) is 0 Å². The quantitative estimate of drug-likeness (QED) is 0.638. The Balaban J connectivity index is 0.00000156. The van der Waals surface area contributed by atoms with Gasteiger partial charge in [0, 0.05) is 23.5 Å². The summed E-state index contributed by atoms with van der Waals surface area (Å²) in [5.41, 5.74) is 2.37. The molecular formula is C17H21Cl2N3S. The summed E-state index contributed by atoms with van der Waals surface area (Å²) >= 11 is 7.98. The van der Waals surface area contributed by atoms with Gasteiger partial charge in [0.1, 0.15) is 10.3 Å². The number of nitrogens with zero attached hydrogens (tertiary/aromatic N) is 3. The first-order chi connectivity index (χ1) is 10.7. The molecule has 3 heterocycles. The Morgan fingerprint density at radius 2 is 1.96 bits per heavy atom. The van der Waals surface area contributed by atoms with Gasteiger partial charge in [0.25, 0.3) is 0 Å². The van der Waals surface area contributed by atoms with Gasteiger partial charge in [-0.25, -0.2) is 4.98 Å². The van der Waals surface area contributed by atoms with Crippen LogP contribution in [-0.4, -0.2) is 34.1 Å². The van der Waals surface area contributed by atoms with E-state index in [1.54, 1.807) is 11.3 Å². The van der Waals surface area contributed by atoms with E-state index in [1.165, 1.54) is 48.1 Å². The van der Waals surface area contributed by atoms with Crippen LogP contribution in [-0.2, 0) is 6.54 Å². The van der Waals surface area contributed by atoms with Crippen molar-refractivity contribution in [3.8, 4) is 0 Å². The van der Waals surface area contributed by atoms with Gasteiger partial charge in [-0.3, -0.25) is 0 Å². The number of hydrogen-bond donors (Lipinski definition) is 0. The van der Waals surface area contributed by atoms with Crippen LogP contribution in [0.4, 0.5) is 0 Å². The van der Waals surface area contributed by atoms with Crippen molar-refractivity contribution in [3.05, 3.63) is 28.2 Å². The highest BCUT2D eigenvalue weighted by Crippen LogP contribution is 2.34. The maximum Gasteiger partial charge on any atom is 0.124 e. The normalized spacial score (nSPS) is 16.1. The Morgan fingerprint density at radius 3 is 2.74 bits per heavy atom. The molecule has 1 aliphatic heterocycles. The lowest BCUT2D eigenvalue weighted by molar-refractivity contribution is 0.222. The Morgan fingerprint density at radius 1 is 1.17 bits per heavy atom. The summed E-state index contributed by atoms with van der Waals surface area (Å²) in [6.45, 7) is 6.73. The number of fused-ring (bicyclic) bond motifs is 3. The van der Waals surface area contributed by atoms with Crippen molar-refractivity contribution in [2.45, 2.75) is 32.7 Å². The number of rotatable bonds is 3. The first-order valence-corrected chi connectivity index (χ1v) is 9.19. The molecule has 6 heteroatoms. The molecule has 2 aromatic heterocycles. The highest BCUT2D eigenvalue weighted by atomic mass is 35.5. The molecule has 0 spiro atoms. The fourth-order valence-corrected chi connectivity index (χ4v) is 4.60. The highest BCUT2D eigenvalue weighted by molar-refractivity contribution is 7.18. The lowest BCUT2D eigenvalue weighted by Gasteiger charge is -2.26. The van der Waals surface area contributed by atoms with Crippen molar-refractivity contribution in [2.75, 3.05) is 19.6 Å². The molecule has 3 nitrogen and oxygen atoms in total. The average Bonchev–Trinajstić information content (AvgIpc) is 3.02. The van der Waals surface area contributed by atoms with Crippen LogP contribution in [0.2, 0.25) is 5.02 Å². The second-order valence-electron chi connectivity index (χ2n) is 6.10. The number of aromatic nitrogens is 2. The van der Waals surface area contributed by atoms with Gasteiger partial charge in [-0.1, -0.05) is 18.0 Å². The van der Waals surface area contributed by atoms with Crippen molar-refractivity contribution in [1.29, 1.82) is 0 Å². The molecule has 1 aliphatic rings. The Bertz CT molecular complexity index is 818. The molecule has 1 saturated heterocycles. The Labute approximate surface area is 151 Å². The zero-order valence-corrected chi connectivity index (χ0v) is 15.6. The summed E-state index contributed by atoms with van der Waals surface area (Å²) in [6, 6.07) is 6.17. The third-order valence-corrected chi connectivity index (χ3v) is 5.78. The molecule has 0 saturated carbocycles. The molecule has 0 radical (unpaired) electrons. The van der Waals surface area contributed by atoms with Gasteiger partial charge in [-0.05, 0) is 51.1 Å². The maximum atomic E-state index is 6.19. The Hall–Kier alpha value is -0.810. The standard InChI is InChI=1S/C17H20ClN3S.ClH/c1-12-19-16-14-11-13(18)5-6-15(14)21(17(16)22-12)10-9-20-7-3-2-4-8-20;/h5-6,11H,2-4,7-10H2,1H3;1H. The number of thiazole rings is 1. The molecule has 1 aromatic carbocycles. The molecule has 0 aliphatic carbocycles. The van der Waals surface area contributed by atoms with E-state index in [9.17, 15) is 0 Å². The highest BCUT2D eigenvalue weighted by Gasteiger charge is 2.16. The zero-order valence-electron chi connectivity index (χ0n) is 13.2. The zero-order chi connectivity index (χ0) is 15.1. The van der Waals surface area contributed by atoms with Gasteiger partial charge in [-0.2, -0.15) is 0 Å².